The lowest BCUT2D eigenvalue weighted by molar-refractivity contribution is -0.140. The Hall–Kier alpha value is -2.64. The molecule has 6 nitrogen and oxygen atoms in total. The number of likely N-dealkylation sites (N-methyl/N-ethyl adjacent to an activating group) is 1. The number of ketones is 1. The van der Waals surface area contributed by atoms with Gasteiger partial charge in [0.1, 0.15) is 11.5 Å². The van der Waals surface area contributed by atoms with Crippen molar-refractivity contribution >= 4 is 33.4 Å². The van der Waals surface area contributed by atoms with Crippen LogP contribution in [0.3, 0.4) is 0 Å². The number of aliphatic hydroxyl groups excluding tert-OH is 1. The number of aliphatic hydroxyl groups is 1. The molecule has 7 heteroatoms. The fraction of sp³-hybridized carbons (Fsp3) is 0.304. The molecule has 158 valence electrons. The van der Waals surface area contributed by atoms with Crippen molar-refractivity contribution in [2.75, 3.05) is 34.3 Å². The van der Waals surface area contributed by atoms with E-state index in [9.17, 15) is 14.7 Å². The number of carbonyl (C=O) groups excluding carboxylic acids is 2. The summed E-state index contributed by atoms with van der Waals surface area (Å²) in [5.74, 6) is -0.791. The molecule has 3 rings (SSSR count). The Bertz CT molecular complexity index is 999. The largest absolute Gasteiger partial charge is 0.507 e. The number of methoxy groups -OCH3 is 1. The van der Waals surface area contributed by atoms with E-state index in [0.717, 1.165) is 15.6 Å². The zero-order valence-corrected chi connectivity index (χ0v) is 19.1. The number of likely N-dealkylation sites (tertiary alicyclic amines) is 1. The van der Waals surface area contributed by atoms with Crippen LogP contribution in [0.5, 0.6) is 5.75 Å². The van der Waals surface area contributed by atoms with E-state index in [2.05, 4.69) is 15.9 Å². The molecular formula is C23H25BrN2O4. The predicted octanol–water partition coefficient (Wildman–Crippen LogP) is 3.75. The smallest absolute Gasteiger partial charge is 0.295 e. The van der Waals surface area contributed by atoms with Crippen molar-refractivity contribution < 1.29 is 19.4 Å². The van der Waals surface area contributed by atoms with Crippen molar-refractivity contribution in [3.05, 3.63) is 69.2 Å². The number of rotatable bonds is 6. The number of Topliss-reactive ketones (excluding diaryl/α,β-unsaturated/α-hetero) is 1. The molecule has 1 saturated heterocycles. The first-order valence-corrected chi connectivity index (χ1v) is 10.4. The van der Waals surface area contributed by atoms with Gasteiger partial charge in [-0.15, -0.1) is 0 Å². The van der Waals surface area contributed by atoms with Gasteiger partial charge in [-0.05, 0) is 62.5 Å². The van der Waals surface area contributed by atoms with Gasteiger partial charge >= 0.3 is 0 Å². The summed E-state index contributed by atoms with van der Waals surface area (Å²) in [6, 6.07) is 12.0. The summed E-state index contributed by atoms with van der Waals surface area (Å²) < 4.78 is 6.12. The lowest BCUT2D eigenvalue weighted by Gasteiger charge is -2.26. The third-order valence-electron chi connectivity index (χ3n) is 5.20. The van der Waals surface area contributed by atoms with E-state index in [1.54, 1.807) is 25.3 Å². The van der Waals surface area contributed by atoms with Gasteiger partial charge in [-0.3, -0.25) is 9.59 Å². The normalized spacial score (nSPS) is 18.3. The van der Waals surface area contributed by atoms with Gasteiger partial charge in [0.2, 0.25) is 0 Å². The van der Waals surface area contributed by atoms with Gasteiger partial charge in [-0.2, -0.15) is 0 Å². The molecule has 1 atom stereocenters. The summed E-state index contributed by atoms with van der Waals surface area (Å²) in [5, 5.41) is 11.2. The lowest BCUT2D eigenvalue weighted by atomic mass is 9.94. The summed E-state index contributed by atoms with van der Waals surface area (Å²) in [6.45, 7) is 2.80. The first-order chi connectivity index (χ1) is 14.2. The molecule has 1 fully saturated rings. The zero-order valence-electron chi connectivity index (χ0n) is 17.5. The second kappa shape index (κ2) is 9.02. The highest BCUT2D eigenvalue weighted by Gasteiger charge is 2.46. The quantitative estimate of drug-likeness (QED) is 0.393. The van der Waals surface area contributed by atoms with Crippen LogP contribution in [0.25, 0.3) is 5.76 Å². The van der Waals surface area contributed by atoms with Gasteiger partial charge in [-0.25, -0.2) is 0 Å². The Morgan fingerprint density at radius 1 is 1.17 bits per heavy atom. The maximum Gasteiger partial charge on any atom is 0.295 e. The molecule has 2 aromatic rings. The second-order valence-corrected chi connectivity index (χ2v) is 8.44. The number of benzene rings is 2. The fourth-order valence-corrected chi connectivity index (χ4v) is 3.85. The van der Waals surface area contributed by atoms with Crippen molar-refractivity contribution in [1.29, 1.82) is 0 Å². The Balaban J connectivity index is 2.16. The van der Waals surface area contributed by atoms with E-state index in [-0.39, 0.29) is 11.3 Å². The van der Waals surface area contributed by atoms with Crippen LogP contribution in [0.2, 0.25) is 0 Å². The minimum Gasteiger partial charge on any atom is -0.507 e. The molecule has 1 aliphatic heterocycles. The van der Waals surface area contributed by atoms with Gasteiger partial charge in [0.05, 0.1) is 18.7 Å². The number of amides is 1. The molecule has 1 heterocycles. The molecule has 2 aromatic carbocycles. The Kier molecular flexibility index (Phi) is 6.63. The van der Waals surface area contributed by atoms with Crippen LogP contribution < -0.4 is 4.74 Å². The van der Waals surface area contributed by atoms with Crippen molar-refractivity contribution in [3.63, 3.8) is 0 Å². The van der Waals surface area contributed by atoms with Gasteiger partial charge in [0, 0.05) is 23.1 Å². The third kappa shape index (κ3) is 4.27. The van der Waals surface area contributed by atoms with E-state index in [0.29, 0.717) is 24.4 Å². The average molecular weight is 473 g/mol. The number of aryl methyl sites for hydroxylation is 1. The maximum absolute atomic E-state index is 13.0. The minimum absolute atomic E-state index is 0.106. The number of hydrogen-bond donors (Lipinski definition) is 1. The second-order valence-electron chi connectivity index (χ2n) is 7.53. The first-order valence-electron chi connectivity index (χ1n) is 9.58. The minimum atomic E-state index is -0.672. The van der Waals surface area contributed by atoms with Crippen LogP contribution in [-0.2, 0) is 9.59 Å². The number of hydrogen-bond acceptors (Lipinski definition) is 5. The van der Waals surface area contributed by atoms with E-state index >= 15 is 0 Å². The molecule has 0 aromatic heterocycles. The summed E-state index contributed by atoms with van der Waals surface area (Å²) >= 11 is 3.42. The summed E-state index contributed by atoms with van der Waals surface area (Å²) in [7, 11) is 5.38. The molecular weight excluding hydrogens is 448 g/mol. The summed E-state index contributed by atoms with van der Waals surface area (Å²) in [5.41, 5.74) is 2.13. The van der Waals surface area contributed by atoms with Crippen LogP contribution in [0.1, 0.15) is 22.7 Å². The molecule has 1 aliphatic rings. The number of carbonyl (C=O) groups is 2. The molecule has 30 heavy (non-hydrogen) atoms. The first kappa shape index (κ1) is 22.1. The highest BCUT2D eigenvalue weighted by molar-refractivity contribution is 9.10. The van der Waals surface area contributed by atoms with Gasteiger partial charge < -0.3 is 19.6 Å². The van der Waals surface area contributed by atoms with E-state index < -0.39 is 17.7 Å². The summed E-state index contributed by atoms with van der Waals surface area (Å²) in [4.78, 5) is 29.4. The fourth-order valence-electron chi connectivity index (χ4n) is 3.58. The highest BCUT2D eigenvalue weighted by atomic mass is 79.9. The van der Waals surface area contributed by atoms with E-state index in [1.807, 2.05) is 50.2 Å². The number of ether oxygens (including phenoxy) is 1. The van der Waals surface area contributed by atoms with Crippen molar-refractivity contribution in [3.8, 4) is 5.75 Å². The monoisotopic (exact) mass is 472 g/mol. The maximum atomic E-state index is 13.0. The van der Waals surface area contributed by atoms with Crippen LogP contribution in [0, 0.1) is 6.92 Å². The van der Waals surface area contributed by atoms with Crippen LogP contribution in [0.4, 0.5) is 0 Å². The van der Waals surface area contributed by atoms with Crippen LogP contribution in [0.15, 0.2) is 52.5 Å². The molecule has 0 saturated carbocycles. The van der Waals surface area contributed by atoms with Crippen molar-refractivity contribution in [1.82, 2.24) is 9.80 Å². The molecule has 0 unspecified atom stereocenters. The SMILES string of the molecule is COc1ccc(C(O)=C2C(=O)C(=O)N(CCN(C)C)[C@@H]2c2ccc(Br)cc2)c(C)c1. The molecule has 0 radical (unpaired) electrons. The van der Waals surface area contributed by atoms with Crippen LogP contribution in [-0.4, -0.2) is 60.9 Å². The lowest BCUT2D eigenvalue weighted by Crippen LogP contribution is -2.35. The van der Waals surface area contributed by atoms with Gasteiger partial charge in [-0.1, -0.05) is 28.1 Å². The van der Waals surface area contributed by atoms with Crippen LogP contribution >= 0.6 is 15.9 Å². The highest BCUT2D eigenvalue weighted by Crippen LogP contribution is 2.40. The molecule has 0 bridgehead atoms. The Morgan fingerprint density at radius 3 is 2.40 bits per heavy atom. The zero-order chi connectivity index (χ0) is 22.0. The predicted molar refractivity (Wildman–Crippen MR) is 119 cm³/mol. The van der Waals surface area contributed by atoms with Gasteiger partial charge in [0.15, 0.2) is 0 Å². The molecule has 1 amide bonds. The summed E-state index contributed by atoms with van der Waals surface area (Å²) in [6.07, 6.45) is 0. The number of halogens is 1. The average Bonchev–Trinajstić information content (AvgIpc) is 2.96. The van der Waals surface area contributed by atoms with Crippen molar-refractivity contribution in [2.24, 2.45) is 0 Å². The topological polar surface area (TPSA) is 70.1 Å². The number of nitrogens with zero attached hydrogens (tertiary/aromatic N) is 2. The van der Waals surface area contributed by atoms with Gasteiger partial charge in [0.25, 0.3) is 11.7 Å². The van der Waals surface area contributed by atoms with Crippen molar-refractivity contribution in [2.45, 2.75) is 13.0 Å². The standard InChI is InChI=1S/C23H25BrN2O4/c1-14-13-17(30-4)9-10-18(14)21(27)19-20(15-5-7-16(24)8-6-15)26(12-11-25(2)3)23(29)22(19)28/h5-10,13,20,27H,11-12H2,1-4H3/t20-/m1/s1. The van der Waals surface area contributed by atoms with E-state index in [4.69, 9.17) is 4.74 Å². The molecule has 0 aliphatic carbocycles. The Morgan fingerprint density at radius 2 is 1.83 bits per heavy atom. The molecule has 1 N–H and O–H groups in total. The molecule has 0 spiro atoms. The van der Waals surface area contributed by atoms with E-state index in [1.165, 1.54) is 4.90 Å². The third-order valence-corrected chi connectivity index (χ3v) is 5.73. The Labute approximate surface area is 184 Å².